The summed E-state index contributed by atoms with van der Waals surface area (Å²) in [5.74, 6) is -1.87. The van der Waals surface area contributed by atoms with Crippen LogP contribution < -0.4 is 22.1 Å². The molecule has 0 saturated heterocycles. The minimum Gasteiger partial charge on any atom is -0.480 e. The van der Waals surface area contributed by atoms with Gasteiger partial charge in [0, 0.05) is 135 Å². The number of nitrogens with one attached hydrogen (secondary N) is 2. The van der Waals surface area contributed by atoms with E-state index in [4.69, 9.17) is 16.6 Å². The van der Waals surface area contributed by atoms with Crippen molar-refractivity contribution < 1.29 is 33.9 Å². The molecular formula is C62H65N15O7S3. The highest BCUT2D eigenvalue weighted by Gasteiger charge is 2.31. The Hall–Kier alpha value is -9.69. The number of primary amides is 2. The first-order chi connectivity index (χ1) is 40.9. The zero-order valence-corrected chi connectivity index (χ0v) is 49.9. The van der Waals surface area contributed by atoms with Crippen molar-refractivity contribution in [3.8, 4) is 22.3 Å². The Balaban J connectivity index is 0.000000201. The fourth-order valence-electron chi connectivity index (χ4n) is 10.2. The predicted molar refractivity (Wildman–Crippen MR) is 344 cm³/mol. The van der Waals surface area contributed by atoms with Gasteiger partial charge in [0.05, 0.1) is 41.0 Å². The molecule has 2 aliphatic rings. The van der Waals surface area contributed by atoms with Crippen molar-refractivity contribution in [2.24, 2.45) is 11.5 Å². The van der Waals surface area contributed by atoms with Gasteiger partial charge in [-0.2, -0.15) is 23.7 Å². The summed E-state index contributed by atoms with van der Waals surface area (Å²) in [5.41, 5.74) is 22.1. The van der Waals surface area contributed by atoms with Gasteiger partial charge in [-0.1, -0.05) is 56.0 Å². The van der Waals surface area contributed by atoms with Crippen molar-refractivity contribution >= 4 is 110 Å². The molecule has 0 fully saturated rings. The van der Waals surface area contributed by atoms with Gasteiger partial charge in [0.25, 0.3) is 11.8 Å². The molecule has 0 bridgehead atoms. The maximum atomic E-state index is 13.6. The van der Waals surface area contributed by atoms with Crippen LogP contribution in [0.15, 0.2) is 146 Å². The molecular weight excluding hydrogens is 1160 g/mol. The Morgan fingerprint density at radius 2 is 1.18 bits per heavy atom. The lowest BCUT2D eigenvalue weighted by Crippen LogP contribution is -2.48. The summed E-state index contributed by atoms with van der Waals surface area (Å²) in [5, 5.41) is 25.0. The maximum absolute atomic E-state index is 13.6. The third-order valence-corrected chi connectivity index (χ3v) is 14.1. The van der Waals surface area contributed by atoms with Gasteiger partial charge in [-0.15, -0.1) is 0 Å². The third-order valence-electron chi connectivity index (χ3n) is 14.1. The average Bonchev–Trinajstić information content (AvgIpc) is 2.05. The highest BCUT2D eigenvalue weighted by atomic mass is 32.8. The van der Waals surface area contributed by atoms with Gasteiger partial charge in [0.15, 0.2) is 17.1 Å². The van der Waals surface area contributed by atoms with E-state index < -0.39 is 23.8 Å². The first-order valence-electron chi connectivity index (χ1n) is 26.9. The Bertz CT molecular complexity index is 4280. The lowest BCUT2D eigenvalue weighted by atomic mass is 9.99. The Kier molecular flexibility index (Phi) is 21.6. The number of carboxylic acid groups (broad SMARTS) is 1. The molecule has 7 N–H and O–H groups in total. The van der Waals surface area contributed by atoms with Gasteiger partial charge < -0.3 is 41.2 Å². The Morgan fingerprint density at radius 3 is 1.70 bits per heavy atom. The van der Waals surface area contributed by atoms with Crippen LogP contribution in [0.4, 0.5) is 5.82 Å². The molecule has 25 heteroatoms. The monoisotopic (exact) mass is 1230 g/mol. The number of benzene rings is 2. The Morgan fingerprint density at radius 1 is 0.644 bits per heavy atom. The van der Waals surface area contributed by atoms with E-state index in [2.05, 4.69) is 63.1 Å². The number of carbonyl (C=O) groups excluding carboxylic acids is 5. The molecule has 2 aliphatic heterocycles. The number of nitrogens with zero attached hydrogens (tertiary/aromatic N) is 11. The van der Waals surface area contributed by atoms with Gasteiger partial charge in [0.1, 0.15) is 18.9 Å². The van der Waals surface area contributed by atoms with Crippen LogP contribution in [-0.4, -0.2) is 119 Å². The van der Waals surface area contributed by atoms with Crippen molar-refractivity contribution in [2.75, 3.05) is 18.4 Å². The third kappa shape index (κ3) is 15.4. The fourth-order valence-corrected chi connectivity index (χ4v) is 10.2. The number of carbonyl (C=O) groups is 6. The van der Waals surface area contributed by atoms with Crippen LogP contribution >= 0.6 is 13.5 Å². The van der Waals surface area contributed by atoms with E-state index >= 15 is 0 Å². The number of amides is 4. The number of Topliss-reactive ketones (excluding diaryl/α,β-unsaturated/α-hetero) is 1. The lowest BCUT2D eigenvalue weighted by Gasteiger charge is -2.32. The fraction of sp³-hybridized carbons (Fsp3) is 0.226. The topological polar surface area (TPSA) is 298 Å². The molecule has 2 atom stereocenters. The highest BCUT2D eigenvalue weighted by molar-refractivity contribution is 8.07. The van der Waals surface area contributed by atoms with Crippen LogP contribution in [0.1, 0.15) is 69.5 Å². The number of hydrogen-bond acceptors (Lipinski definition) is 15. The molecule has 0 unspecified atom stereocenters. The molecule has 22 nitrogen and oxygen atoms in total. The zero-order chi connectivity index (χ0) is 60.5. The van der Waals surface area contributed by atoms with Crippen molar-refractivity contribution in [2.45, 2.75) is 79.6 Å². The second kappa shape index (κ2) is 28.9. The number of ketones is 1. The first kappa shape index (κ1) is 64.9. The number of fused-ring (bicyclic) bond motifs is 4. The van der Waals surface area contributed by atoms with Crippen molar-refractivity contribution in [1.29, 1.82) is 0 Å². The summed E-state index contributed by atoms with van der Waals surface area (Å²) in [7, 11) is 0. The summed E-state index contributed by atoms with van der Waals surface area (Å²) in [6, 6.07) is 25.3. The molecule has 12 rings (SSSR count). The van der Waals surface area contributed by atoms with Gasteiger partial charge in [0.2, 0.25) is 11.8 Å². The summed E-state index contributed by atoms with van der Waals surface area (Å²) in [4.78, 5) is 93.1. The van der Waals surface area contributed by atoms with E-state index in [9.17, 15) is 28.8 Å². The van der Waals surface area contributed by atoms with E-state index in [0.29, 0.717) is 51.8 Å². The van der Waals surface area contributed by atoms with E-state index in [1.165, 1.54) is 10.8 Å². The molecule has 87 heavy (non-hydrogen) atoms. The molecule has 10 aromatic rings. The van der Waals surface area contributed by atoms with E-state index in [1.54, 1.807) is 49.2 Å². The highest BCUT2D eigenvalue weighted by Crippen LogP contribution is 2.30. The van der Waals surface area contributed by atoms with Crippen LogP contribution in [0.5, 0.6) is 0 Å². The summed E-state index contributed by atoms with van der Waals surface area (Å²) in [6.07, 6.45) is 19.5. The number of pyridine rings is 2. The molecule has 10 heterocycles. The summed E-state index contributed by atoms with van der Waals surface area (Å²) >= 11 is 7.33. The molecule has 448 valence electrons. The second-order valence-corrected chi connectivity index (χ2v) is 20.3. The first-order valence-corrected chi connectivity index (χ1v) is 28.2. The van der Waals surface area contributed by atoms with Crippen LogP contribution in [0.2, 0.25) is 0 Å². The van der Waals surface area contributed by atoms with Crippen molar-refractivity contribution in [3.63, 3.8) is 0 Å². The molecule has 0 radical (unpaired) electrons. The normalized spacial score (nSPS) is 14.1. The van der Waals surface area contributed by atoms with E-state index in [0.717, 1.165) is 69.3 Å². The lowest BCUT2D eigenvalue weighted by molar-refractivity contribution is -0.139. The van der Waals surface area contributed by atoms with Crippen LogP contribution in [0.3, 0.4) is 0 Å². The maximum Gasteiger partial charge on any atom is 0.323 e. The van der Waals surface area contributed by atoms with Crippen molar-refractivity contribution in [1.82, 2.24) is 58.5 Å². The van der Waals surface area contributed by atoms with Crippen LogP contribution in [0, 0.1) is 27.7 Å². The minimum atomic E-state index is -0.995. The number of rotatable bonds is 13. The van der Waals surface area contributed by atoms with Crippen molar-refractivity contribution in [3.05, 3.63) is 186 Å². The zero-order valence-electron chi connectivity index (χ0n) is 47.2. The van der Waals surface area contributed by atoms with Gasteiger partial charge in [-0.25, -0.2) is 24.0 Å². The van der Waals surface area contributed by atoms with E-state index in [-0.39, 0.29) is 69.6 Å². The molecule has 0 aliphatic carbocycles. The van der Waals surface area contributed by atoms with Crippen LogP contribution in [-0.2, 0) is 61.1 Å². The predicted octanol–water partition coefficient (Wildman–Crippen LogP) is 7.26. The SMILES string of the molecule is C.Cc1cc2ncc(-c3ccc4c(c3)c(C(N)=O)cn4CC(=O)O)cn2n1.Cc1cccc(CC(=O)[C@@H]2CC=CCN2C(=O)Cn2cc(C(N)=O)c3cc(-c4cnc5cc(C)nn5c4)ccc32)n1.Cc1cccc(NC(=O)[C@@H]2CC=CCN2)n1.S.S=S. The second-order valence-electron chi connectivity index (χ2n) is 20.3. The molecule has 0 spiro atoms. The quantitative estimate of drug-likeness (QED) is 0.0709. The molecule has 2 aromatic carbocycles. The van der Waals surface area contributed by atoms with Gasteiger partial charge in [-0.05, 0) is 100 Å². The summed E-state index contributed by atoms with van der Waals surface area (Å²) < 4.78 is 6.63. The number of anilines is 1. The molecule has 0 saturated carbocycles. The number of nitrogens with two attached hydrogens (primary N) is 2. The standard InChI is InChI=1S/C31H29N7O3.C18H15N5O3.C12H15N3O.CH4.S2.H2S/c1-19-6-5-7-23(34-19)14-28(39)27-8-3-4-11-37(27)30(40)18-36-17-25(31(32)41)24-13-21(9-10-26(24)36)22-15-33-29-12-20(2)35-38(29)16-22;1-10-4-16-20-6-12(7-23(16)21-10)11-2-3-15-13(5-11)14(18(19)26)8-22(15)9-17(24)25;1-9-5-4-7-11(14-9)15-12(16)10-6-2-3-8-13-10;;1-2;/h3-7,9-10,12-13,15-17,27H,8,11,14,18H2,1-2H3,(H2,32,41);2-8H,9H2,1H3,(H2,19,26)(H,24,25);2-5,7,10,13H,6,8H2,1H3,(H,14,15,16);1H4;;1H2/t27-;;10-;;;/m0.0.../s1. The molecule has 4 amide bonds. The van der Waals surface area contributed by atoms with E-state index in [1.807, 2.05) is 137 Å². The number of aliphatic carboxylic acids is 1. The van der Waals surface area contributed by atoms with Crippen LogP contribution in [0.25, 0.3) is 55.4 Å². The van der Waals surface area contributed by atoms with Gasteiger partial charge in [-0.3, -0.25) is 33.8 Å². The summed E-state index contributed by atoms with van der Waals surface area (Å²) in [6.45, 7) is 8.38. The number of aryl methyl sites for hydroxylation is 4. The Labute approximate surface area is 517 Å². The number of aromatic nitrogens is 10. The average molecular weight is 1230 g/mol. The molecule has 8 aromatic heterocycles. The number of hydrogen-bond donors (Lipinski definition) is 5. The van der Waals surface area contributed by atoms with Gasteiger partial charge >= 0.3 is 5.97 Å². The number of carboxylic acids is 1. The minimum absolute atomic E-state index is 0. The largest absolute Gasteiger partial charge is 0.480 e. The smallest absolute Gasteiger partial charge is 0.323 e.